The van der Waals surface area contributed by atoms with Crippen LogP contribution in [0.3, 0.4) is 0 Å². The zero-order valence-electron chi connectivity index (χ0n) is 18.8. The van der Waals surface area contributed by atoms with Crippen molar-refractivity contribution in [2.45, 2.75) is 52.6 Å². The Morgan fingerprint density at radius 2 is 1.16 bits per heavy atom. The van der Waals surface area contributed by atoms with E-state index in [4.69, 9.17) is 9.05 Å². The van der Waals surface area contributed by atoms with Crippen LogP contribution in [0.2, 0.25) is 0 Å². The Bertz CT molecular complexity index is 837. The minimum absolute atomic E-state index is 0.0716. The summed E-state index contributed by atoms with van der Waals surface area (Å²) in [7, 11) is -1.45. The van der Waals surface area contributed by atoms with Crippen LogP contribution >= 0.6 is 8.53 Å². The molecule has 0 aromatic heterocycles. The van der Waals surface area contributed by atoms with Crippen molar-refractivity contribution in [1.29, 1.82) is 0 Å². The highest BCUT2D eigenvalue weighted by Gasteiger charge is 2.27. The second-order valence-corrected chi connectivity index (χ2v) is 9.20. The lowest BCUT2D eigenvalue weighted by Gasteiger charge is -2.35. The van der Waals surface area contributed by atoms with Crippen LogP contribution in [0.1, 0.15) is 38.8 Å². The third kappa shape index (κ3) is 7.31. The molecular formula is C22H30N3O6P. The van der Waals surface area contributed by atoms with Crippen molar-refractivity contribution in [2.24, 2.45) is 0 Å². The quantitative estimate of drug-likeness (QED) is 0.214. The fourth-order valence-electron chi connectivity index (χ4n) is 3.41. The Labute approximate surface area is 189 Å². The van der Waals surface area contributed by atoms with Crippen LogP contribution in [0.25, 0.3) is 0 Å². The summed E-state index contributed by atoms with van der Waals surface area (Å²) < 4.78 is 14.3. The highest BCUT2D eigenvalue weighted by atomic mass is 31.2. The number of nitrogens with zero attached hydrogens (tertiary/aromatic N) is 3. The van der Waals surface area contributed by atoms with E-state index >= 15 is 0 Å². The Morgan fingerprint density at radius 1 is 0.781 bits per heavy atom. The standard InChI is InChI=1S/C22H30N3O6P/c1-17(2)23(18(3)4)32(30-15-13-19-9-5-7-11-21(19)24(26)27)31-16-14-20-10-6-8-12-22(20)25(28)29/h5-12,17-18H,13-16H2,1-4H3. The number of hydrogen-bond acceptors (Lipinski definition) is 7. The lowest BCUT2D eigenvalue weighted by Crippen LogP contribution is -2.34. The maximum Gasteiger partial charge on any atom is 0.272 e. The summed E-state index contributed by atoms with van der Waals surface area (Å²) in [6.45, 7) is 8.71. The second kappa shape index (κ2) is 12.6. The average Bonchev–Trinajstić information content (AvgIpc) is 2.73. The maximum atomic E-state index is 11.2. The van der Waals surface area contributed by atoms with E-state index in [0.717, 1.165) is 0 Å². The molecule has 0 saturated carbocycles. The van der Waals surface area contributed by atoms with Crippen LogP contribution in [0.5, 0.6) is 0 Å². The molecular weight excluding hydrogens is 433 g/mol. The predicted molar refractivity (Wildman–Crippen MR) is 125 cm³/mol. The van der Waals surface area contributed by atoms with Gasteiger partial charge in [0.25, 0.3) is 19.9 Å². The van der Waals surface area contributed by atoms with Gasteiger partial charge in [-0.1, -0.05) is 36.4 Å². The minimum atomic E-state index is -1.45. The molecule has 0 radical (unpaired) electrons. The van der Waals surface area contributed by atoms with Crippen LogP contribution in [0, 0.1) is 20.2 Å². The van der Waals surface area contributed by atoms with Crippen molar-refractivity contribution in [3.8, 4) is 0 Å². The number of benzene rings is 2. The summed E-state index contributed by atoms with van der Waals surface area (Å²) in [6.07, 6.45) is 0.765. The van der Waals surface area contributed by atoms with E-state index in [1.807, 2.05) is 27.7 Å². The Hall–Kier alpha value is -2.45. The molecule has 9 nitrogen and oxygen atoms in total. The van der Waals surface area contributed by atoms with Gasteiger partial charge in [-0.2, -0.15) is 0 Å². The maximum absolute atomic E-state index is 11.2. The van der Waals surface area contributed by atoms with Gasteiger partial charge < -0.3 is 9.05 Å². The molecule has 0 atom stereocenters. The summed E-state index contributed by atoms with van der Waals surface area (Å²) in [5, 5.41) is 22.5. The van der Waals surface area contributed by atoms with Gasteiger partial charge in [-0.05, 0) is 27.7 Å². The summed E-state index contributed by atoms with van der Waals surface area (Å²) in [4.78, 5) is 21.7. The third-order valence-corrected chi connectivity index (χ3v) is 6.88. The van der Waals surface area contributed by atoms with Crippen molar-refractivity contribution < 1.29 is 18.9 Å². The normalized spacial score (nSPS) is 11.6. The molecule has 2 rings (SSSR count). The van der Waals surface area contributed by atoms with E-state index in [2.05, 4.69) is 4.67 Å². The zero-order chi connectivity index (χ0) is 23.7. The summed E-state index contributed by atoms with van der Waals surface area (Å²) in [6, 6.07) is 13.5. The van der Waals surface area contributed by atoms with Gasteiger partial charge in [0.2, 0.25) is 0 Å². The molecule has 0 bridgehead atoms. The second-order valence-electron chi connectivity index (χ2n) is 7.74. The molecule has 0 spiro atoms. The van der Waals surface area contributed by atoms with Crippen molar-refractivity contribution in [3.63, 3.8) is 0 Å². The van der Waals surface area contributed by atoms with Crippen LogP contribution < -0.4 is 0 Å². The highest BCUT2D eigenvalue weighted by molar-refractivity contribution is 7.44. The molecule has 10 heteroatoms. The van der Waals surface area contributed by atoms with Crippen LogP contribution in [-0.2, 0) is 21.9 Å². The summed E-state index contributed by atoms with van der Waals surface area (Å²) >= 11 is 0. The lowest BCUT2D eigenvalue weighted by molar-refractivity contribution is -0.385. The van der Waals surface area contributed by atoms with E-state index in [0.29, 0.717) is 24.0 Å². The Balaban J connectivity index is 2.07. The lowest BCUT2D eigenvalue weighted by atomic mass is 10.1. The first-order valence-corrected chi connectivity index (χ1v) is 11.6. The number of nitro benzene ring substituents is 2. The fraction of sp³-hybridized carbons (Fsp3) is 0.455. The molecule has 174 valence electrons. The van der Waals surface area contributed by atoms with Crippen LogP contribution in [-0.4, -0.2) is 39.8 Å². The van der Waals surface area contributed by atoms with E-state index < -0.39 is 18.4 Å². The van der Waals surface area contributed by atoms with Gasteiger partial charge in [-0.15, -0.1) is 0 Å². The van der Waals surface area contributed by atoms with E-state index in [1.54, 1.807) is 36.4 Å². The molecule has 0 aliphatic carbocycles. The van der Waals surface area contributed by atoms with Crippen molar-refractivity contribution in [1.82, 2.24) is 4.67 Å². The summed E-state index contributed by atoms with van der Waals surface area (Å²) in [5.41, 5.74) is 1.35. The van der Waals surface area contributed by atoms with Gasteiger partial charge in [-0.3, -0.25) is 20.2 Å². The van der Waals surface area contributed by atoms with Crippen molar-refractivity contribution >= 4 is 19.9 Å². The van der Waals surface area contributed by atoms with E-state index in [1.165, 1.54) is 12.1 Å². The molecule has 0 unspecified atom stereocenters. The number of rotatable bonds is 13. The van der Waals surface area contributed by atoms with Gasteiger partial charge in [0, 0.05) is 48.2 Å². The molecule has 0 heterocycles. The fourth-order valence-corrected chi connectivity index (χ4v) is 5.00. The van der Waals surface area contributed by atoms with E-state index in [9.17, 15) is 20.2 Å². The van der Waals surface area contributed by atoms with Gasteiger partial charge in [0.05, 0.1) is 23.1 Å². The van der Waals surface area contributed by atoms with Crippen molar-refractivity contribution in [3.05, 3.63) is 79.9 Å². The molecule has 0 N–H and O–H groups in total. The van der Waals surface area contributed by atoms with Crippen LogP contribution in [0.15, 0.2) is 48.5 Å². The van der Waals surface area contributed by atoms with Gasteiger partial charge in [-0.25, -0.2) is 4.67 Å². The first-order chi connectivity index (χ1) is 15.2. The van der Waals surface area contributed by atoms with E-state index in [-0.39, 0.29) is 36.7 Å². The van der Waals surface area contributed by atoms with Gasteiger partial charge >= 0.3 is 0 Å². The molecule has 0 amide bonds. The molecule has 2 aromatic carbocycles. The van der Waals surface area contributed by atoms with Gasteiger partial charge in [0.15, 0.2) is 0 Å². The molecule has 32 heavy (non-hydrogen) atoms. The Morgan fingerprint density at radius 3 is 1.50 bits per heavy atom. The molecule has 0 aliphatic heterocycles. The monoisotopic (exact) mass is 463 g/mol. The molecule has 0 aliphatic rings. The first-order valence-electron chi connectivity index (χ1n) is 10.5. The van der Waals surface area contributed by atoms with Crippen LogP contribution in [0.4, 0.5) is 11.4 Å². The third-order valence-electron chi connectivity index (χ3n) is 4.77. The number of hydrogen-bond donors (Lipinski definition) is 0. The first kappa shape index (κ1) is 25.8. The SMILES string of the molecule is CC(C)N(C(C)C)P(OCCc1ccccc1[N+](=O)[O-])OCCc1ccccc1[N+](=O)[O-]. The van der Waals surface area contributed by atoms with Gasteiger partial charge in [0.1, 0.15) is 0 Å². The predicted octanol–water partition coefficient (Wildman–Crippen LogP) is 5.67. The molecule has 0 saturated heterocycles. The minimum Gasteiger partial charge on any atom is -0.322 e. The van der Waals surface area contributed by atoms with Crippen molar-refractivity contribution in [2.75, 3.05) is 13.2 Å². The smallest absolute Gasteiger partial charge is 0.272 e. The topological polar surface area (TPSA) is 108 Å². The molecule has 2 aromatic rings. The number of nitro groups is 2. The largest absolute Gasteiger partial charge is 0.322 e. The Kier molecular flexibility index (Phi) is 10.1. The average molecular weight is 463 g/mol. The molecule has 0 fully saturated rings. The zero-order valence-corrected chi connectivity index (χ0v) is 19.7. The highest BCUT2D eigenvalue weighted by Crippen LogP contribution is 2.46. The summed E-state index contributed by atoms with van der Waals surface area (Å²) in [5.74, 6) is 0. The number of para-hydroxylation sites is 2.